The number of hydrogen-bond donors (Lipinski definition) is 0. The van der Waals surface area contributed by atoms with Crippen LogP contribution in [0.2, 0.25) is 0 Å². The van der Waals surface area contributed by atoms with E-state index in [-0.39, 0.29) is 0 Å². The predicted molar refractivity (Wildman–Crippen MR) is 88.9 cm³/mol. The van der Waals surface area contributed by atoms with E-state index in [0.717, 1.165) is 51.1 Å². The van der Waals surface area contributed by atoms with Crippen LogP contribution < -0.4 is 0 Å². The smallest absolute Gasteiger partial charge is 0.225 e. The van der Waals surface area contributed by atoms with Gasteiger partial charge >= 0.3 is 0 Å². The van der Waals surface area contributed by atoms with Crippen LogP contribution in [-0.2, 0) is 22.7 Å². The molecule has 128 valence electrons. The summed E-state index contributed by atoms with van der Waals surface area (Å²) in [6.07, 6.45) is 8.79. The number of nitrogens with zero attached hydrogens (tertiary/aromatic N) is 3. The number of rotatable bonds is 5. The number of hydrogen-bond acceptors (Lipinski definition) is 3. The summed E-state index contributed by atoms with van der Waals surface area (Å²) in [6, 6.07) is 0. The minimum absolute atomic E-state index is 0.316. The Kier molecular flexibility index (Phi) is 5.36. The Balaban J connectivity index is 1.53. The maximum atomic E-state index is 12.5. The van der Waals surface area contributed by atoms with Crippen LogP contribution in [0, 0.1) is 18.8 Å². The van der Waals surface area contributed by atoms with E-state index in [1.54, 1.807) is 7.11 Å². The third-order valence-electron chi connectivity index (χ3n) is 5.48. The van der Waals surface area contributed by atoms with E-state index < -0.39 is 0 Å². The van der Waals surface area contributed by atoms with Crippen LogP contribution in [0.1, 0.15) is 50.0 Å². The highest BCUT2D eigenvalue weighted by molar-refractivity contribution is 5.79. The standard InChI is InChI=1S/C18H29N3O2/c1-14-11-19-17(13-23-2)21(14)12-15-7-9-20(10-8-15)18(22)16-5-3-4-6-16/h11,15-16H,3-10,12-13H2,1-2H3. The Morgan fingerprint density at radius 2 is 1.96 bits per heavy atom. The maximum Gasteiger partial charge on any atom is 0.225 e. The molecule has 1 saturated heterocycles. The van der Waals surface area contributed by atoms with Gasteiger partial charge in [-0.05, 0) is 38.5 Å². The number of aromatic nitrogens is 2. The SMILES string of the molecule is COCc1ncc(C)n1CC1CCN(C(=O)C2CCCC2)CC1. The van der Waals surface area contributed by atoms with Gasteiger partial charge in [-0.2, -0.15) is 0 Å². The highest BCUT2D eigenvalue weighted by Crippen LogP contribution is 2.29. The van der Waals surface area contributed by atoms with Crippen LogP contribution >= 0.6 is 0 Å². The molecule has 23 heavy (non-hydrogen) atoms. The first-order valence-corrected chi connectivity index (χ1v) is 8.97. The van der Waals surface area contributed by atoms with E-state index in [9.17, 15) is 4.79 Å². The van der Waals surface area contributed by atoms with Gasteiger partial charge in [-0.15, -0.1) is 0 Å². The second-order valence-electron chi connectivity index (χ2n) is 7.11. The molecule has 0 atom stereocenters. The third kappa shape index (κ3) is 3.77. The summed E-state index contributed by atoms with van der Waals surface area (Å²) in [5, 5.41) is 0. The molecule has 3 rings (SSSR count). The fourth-order valence-corrected chi connectivity index (χ4v) is 4.03. The van der Waals surface area contributed by atoms with E-state index in [2.05, 4.69) is 21.4 Å². The molecule has 1 aliphatic carbocycles. The predicted octanol–water partition coefficient (Wildman–Crippen LogP) is 2.77. The van der Waals surface area contributed by atoms with E-state index >= 15 is 0 Å². The zero-order valence-corrected chi connectivity index (χ0v) is 14.5. The Labute approximate surface area is 139 Å². The third-order valence-corrected chi connectivity index (χ3v) is 5.48. The van der Waals surface area contributed by atoms with Crippen LogP contribution in [0.15, 0.2) is 6.20 Å². The van der Waals surface area contributed by atoms with Gasteiger partial charge in [0.2, 0.25) is 5.91 Å². The summed E-state index contributed by atoms with van der Waals surface area (Å²) in [4.78, 5) is 19.1. The van der Waals surface area contributed by atoms with E-state index in [0.29, 0.717) is 24.3 Å². The monoisotopic (exact) mass is 319 g/mol. The second kappa shape index (κ2) is 7.47. The molecule has 5 nitrogen and oxygen atoms in total. The molecule has 5 heteroatoms. The summed E-state index contributed by atoms with van der Waals surface area (Å²) in [5.74, 6) is 2.37. The molecule has 2 aliphatic rings. The maximum absolute atomic E-state index is 12.5. The molecule has 1 aromatic heterocycles. The Hall–Kier alpha value is -1.36. The van der Waals surface area contributed by atoms with Gasteiger partial charge in [0.25, 0.3) is 0 Å². The average Bonchev–Trinajstić information content (AvgIpc) is 3.21. The number of ether oxygens (including phenoxy) is 1. The minimum Gasteiger partial charge on any atom is -0.377 e. The molecule has 1 amide bonds. The van der Waals surface area contributed by atoms with Crippen molar-refractivity contribution < 1.29 is 9.53 Å². The molecule has 2 fully saturated rings. The molecule has 1 aliphatic heterocycles. The lowest BCUT2D eigenvalue weighted by Gasteiger charge is -2.34. The molecule has 0 bridgehead atoms. The van der Waals surface area contributed by atoms with Gasteiger partial charge in [0, 0.05) is 44.6 Å². The zero-order valence-electron chi connectivity index (χ0n) is 14.5. The van der Waals surface area contributed by atoms with Crippen molar-refractivity contribution in [3.63, 3.8) is 0 Å². The number of carbonyl (C=O) groups excluding carboxylic acids is 1. The zero-order chi connectivity index (χ0) is 16.2. The van der Waals surface area contributed by atoms with Crippen molar-refractivity contribution in [1.82, 2.24) is 14.5 Å². The van der Waals surface area contributed by atoms with Crippen molar-refractivity contribution in [2.24, 2.45) is 11.8 Å². The Bertz CT molecular complexity index is 526. The van der Waals surface area contributed by atoms with Crippen LogP contribution in [0.5, 0.6) is 0 Å². The quantitative estimate of drug-likeness (QED) is 0.838. The molecule has 2 heterocycles. The summed E-state index contributed by atoms with van der Waals surface area (Å²) in [7, 11) is 1.71. The van der Waals surface area contributed by atoms with Crippen LogP contribution in [0.25, 0.3) is 0 Å². The number of methoxy groups -OCH3 is 1. The van der Waals surface area contributed by atoms with E-state index in [4.69, 9.17) is 4.74 Å². The van der Waals surface area contributed by atoms with Crippen molar-refractivity contribution in [2.75, 3.05) is 20.2 Å². The Morgan fingerprint density at radius 1 is 1.26 bits per heavy atom. The first-order valence-electron chi connectivity index (χ1n) is 8.97. The average molecular weight is 319 g/mol. The summed E-state index contributed by atoms with van der Waals surface area (Å²) in [5.41, 5.74) is 1.20. The first-order chi connectivity index (χ1) is 11.2. The molecule has 0 spiro atoms. The summed E-state index contributed by atoms with van der Waals surface area (Å²) < 4.78 is 7.52. The summed E-state index contributed by atoms with van der Waals surface area (Å²) >= 11 is 0. The lowest BCUT2D eigenvalue weighted by molar-refractivity contribution is -0.136. The molecule has 0 unspecified atom stereocenters. The van der Waals surface area contributed by atoms with E-state index in [1.807, 2.05) is 6.20 Å². The fraction of sp³-hybridized carbons (Fsp3) is 0.778. The fourth-order valence-electron chi connectivity index (χ4n) is 4.03. The number of amides is 1. The van der Waals surface area contributed by atoms with E-state index in [1.165, 1.54) is 18.5 Å². The van der Waals surface area contributed by atoms with Crippen molar-refractivity contribution in [3.05, 3.63) is 17.7 Å². The highest BCUT2D eigenvalue weighted by Gasteiger charge is 2.30. The van der Waals surface area contributed by atoms with Gasteiger partial charge in [0.15, 0.2) is 0 Å². The van der Waals surface area contributed by atoms with Gasteiger partial charge in [0.05, 0.1) is 0 Å². The molecule has 0 N–H and O–H groups in total. The van der Waals surface area contributed by atoms with Gasteiger partial charge in [0.1, 0.15) is 12.4 Å². The molecular weight excluding hydrogens is 290 g/mol. The van der Waals surface area contributed by atoms with Gasteiger partial charge in [-0.25, -0.2) is 4.98 Å². The molecular formula is C18H29N3O2. The molecule has 1 aromatic rings. The van der Waals surface area contributed by atoms with Crippen molar-refractivity contribution >= 4 is 5.91 Å². The number of likely N-dealkylation sites (tertiary alicyclic amines) is 1. The van der Waals surface area contributed by atoms with Gasteiger partial charge in [-0.3, -0.25) is 4.79 Å². The number of piperidine rings is 1. The number of carbonyl (C=O) groups is 1. The van der Waals surface area contributed by atoms with Gasteiger partial charge < -0.3 is 14.2 Å². The molecule has 0 radical (unpaired) electrons. The Morgan fingerprint density at radius 3 is 2.61 bits per heavy atom. The van der Waals surface area contributed by atoms with Crippen LogP contribution in [-0.4, -0.2) is 40.6 Å². The lowest BCUT2D eigenvalue weighted by Crippen LogP contribution is -2.42. The van der Waals surface area contributed by atoms with Gasteiger partial charge in [-0.1, -0.05) is 12.8 Å². The molecule has 1 saturated carbocycles. The normalized spacial score (nSPS) is 20.3. The first kappa shape index (κ1) is 16.5. The number of imidazole rings is 1. The molecule has 0 aromatic carbocycles. The highest BCUT2D eigenvalue weighted by atomic mass is 16.5. The van der Waals surface area contributed by atoms with Crippen molar-refractivity contribution in [1.29, 1.82) is 0 Å². The summed E-state index contributed by atoms with van der Waals surface area (Å²) in [6.45, 7) is 5.51. The number of aryl methyl sites for hydroxylation is 1. The topological polar surface area (TPSA) is 47.4 Å². The second-order valence-corrected chi connectivity index (χ2v) is 7.11. The van der Waals surface area contributed by atoms with Crippen LogP contribution in [0.4, 0.5) is 0 Å². The largest absolute Gasteiger partial charge is 0.377 e. The lowest BCUT2D eigenvalue weighted by atomic mass is 9.95. The van der Waals surface area contributed by atoms with Crippen molar-refractivity contribution in [3.8, 4) is 0 Å². The minimum atomic E-state index is 0.316. The van der Waals surface area contributed by atoms with Crippen molar-refractivity contribution in [2.45, 2.75) is 58.6 Å². The van der Waals surface area contributed by atoms with Crippen LogP contribution in [0.3, 0.4) is 0 Å².